The van der Waals surface area contributed by atoms with E-state index in [0.29, 0.717) is 54.9 Å². The number of pyridine rings is 1. The number of aliphatic hydroxyl groups is 1. The molecular weight excluding hydrogens is 512 g/mol. The minimum Gasteiger partial charge on any atom is -0.394 e. The Balaban J connectivity index is 1.52. The summed E-state index contributed by atoms with van der Waals surface area (Å²) in [6, 6.07) is 10.1. The van der Waals surface area contributed by atoms with Crippen molar-refractivity contribution in [3.8, 4) is 21.8 Å². The number of thiophene rings is 1. The average Bonchev–Trinajstić information content (AvgIpc) is 3.66. The standard InChI is InChI=1S/C29H36N6O3S/c1-4-33(5-2)20(3)8-9-26(37)21-15-25(31-28(16-21)34-12-13-38-22(18-34)19-36)23-17-30-35-11-10-24(32-29(23)35)27-7-6-14-39-27/h6-7,10-11,14-17,20,22,36H,4-5,8-9,12-13,18-19H2,1-3H3/t20-,22-/m0/s1. The van der Waals surface area contributed by atoms with Crippen molar-refractivity contribution in [1.29, 1.82) is 0 Å². The summed E-state index contributed by atoms with van der Waals surface area (Å²) in [6.07, 6.45) is 4.63. The van der Waals surface area contributed by atoms with Gasteiger partial charge in [0.05, 0.1) is 47.3 Å². The number of anilines is 1. The summed E-state index contributed by atoms with van der Waals surface area (Å²) < 4.78 is 7.40. The van der Waals surface area contributed by atoms with Gasteiger partial charge in [-0.15, -0.1) is 11.3 Å². The van der Waals surface area contributed by atoms with Crippen molar-refractivity contribution in [2.45, 2.75) is 45.8 Å². The summed E-state index contributed by atoms with van der Waals surface area (Å²) in [5.74, 6) is 0.790. The van der Waals surface area contributed by atoms with Crippen LogP contribution in [0, 0.1) is 0 Å². The molecule has 39 heavy (non-hydrogen) atoms. The fourth-order valence-electron chi connectivity index (χ4n) is 5.14. The molecule has 0 aliphatic carbocycles. The highest BCUT2D eigenvalue weighted by atomic mass is 32.1. The summed E-state index contributed by atoms with van der Waals surface area (Å²) in [4.78, 5) is 29.0. The van der Waals surface area contributed by atoms with Crippen molar-refractivity contribution < 1.29 is 14.6 Å². The van der Waals surface area contributed by atoms with Crippen LogP contribution in [0.1, 0.15) is 44.0 Å². The van der Waals surface area contributed by atoms with Crippen LogP contribution in [0.25, 0.3) is 27.5 Å². The second kappa shape index (κ2) is 12.3. The third-order valence-corrected chi connectivity index (χ3v) is 8.34. The molecule has 206 valence electrons. The number of ether oxygens (including phenoxy) is 1. The molecule has 1 aliphatic rings. The SMILES string of the molecule is CCN(CC)[C@@H](C)CCC(=O)c1cc(-c2cnn3ccc(-c4cccs4)nc23)nc(N2CCO[C@H](CO)C2)c1. The number of aliphatic hydroxyl groups excluding tert-OH is 1. The van der Waals surface area contributed by atoms with Crippen LogP contribution in [0.2, 0.25) is 0 Å². The molecule has 0 spiro atoms. The van der Waals surface area contributed by atoms with Gasteiger partial charge in [0.15, 0.2) is 11.4 Å². The van der Waals surface area contributed by atoms with Crippen LogP contribution in [0.5, 0.6) is 0 Å². The number of hydrogen-bond donors (Lipinski definition) is 1. The van der Waals surface area contributed by atoms with Crippen LogP contribution >= 0.6 is 11.3 Å². The third kappa shape index (κ3) is 6.04. The molecule has 4 aromatic rings. The maximum absolute atomic E-state index is 13.5. The molecule has 0 aromatic carbocycles. The first-order valence-electron chi connectivity index (χ1n) is 13.7. The molecule has 0 amide bonds. The van der Waals surface area contributed by atoms with E-state index in [9.17, 15) is 9.90 Å². The number of aromatic nitrogens is 4. The van der Waals surface area contributed by atoms with Gasteiger partial charge in [0, 0.05) is 37.3 Å². The van der Waals surface area contributed by atoms with E-state index in [4.69, 9.17) is 14.7 Å². The van der Waals surface area contributed by atoms with E-state index >= 15 is 0 Å². The normalized spacial score (nSPS) is 16.7. The quantitative estimate of drug-likeness (QED) is 0.276. The Labute approximate surface area is 233 Å². The summed E-state index contributed by atoms with van der Waals surface area (Å²) in [5, 5.41) is 16.2. The maximum atomic E-state index is 13.5. The minimum absolute atomic E-state index is 0.0608. The number of fused-ring (bicyclic) bond motifs is 1. The highest BCUT2D eigenvalue weighted by Crippen LogP contribution is 2.30. The molecule has 0 radical (unpaired) electrons. The van der Waals surface area contributed by atoms with E-state index in [-0.39, 0.29) is 18.5 Å². The first-order chi connectivity index (χ1) is 19.0. The van der Waals surface area contributed by atoms with Gasteiger partial charge >= 0.3 is 0 Å². The smallest absolute Gasteiger partial charge is 0.165 e. The number of carbonyl (C=O) groups excluding carboxylic acids is 1. The highest BCUT2D eigenvalue weighted by molar-refractivity contribution is 7.13. The second-order valence-corrected chi connectivity index (χ2v) is 10.8. The van der Waals surface area contributed by atoms with E-state index in [1.165, 1.54) is 0 Å². The van der Waals surface area contributed by atoms with Crippen LogP contribution in [0.4, 0.5) is 5.82 Å². The van der Waals surface area contributed by atoms with Crippen LogP contribution in [-0.4, -0.2) is 86.9 Å². The van der Waals surface area contributed by atoms with Gasteiger partial charge in [0.25, 0.3) is 0 Å². The zero-order valence-corrected chi connectivity index (χ0v) is 23.6. The molecule has 1 aliphatic heterocycles. The number of ketones is 1. The van der Waals surface area contributed by atoms with Gasteiger partial charge < -0.3 is 19.6 Å². The van der Waals surface area contributed by atoms with Crippen molar-refractivity contribution in [3.05, 3.63) is 53.7 Å². The lowest BCUT2D eigenvalue weighted by Crippen LogP contribution is -2.44. The Bertz CT molecular complexity index is 1400. The van der Waals surface area contributed by atoms with E-state index in [0.717, 1.165) is 35.6 Å². The van der Waals surface area contributed by atoms with Crippen LogP contribution < -0.4 is 4.90 Å². The van der Waals surface area contributed by atoms with E-state index < -0.39 is 0 Å². The number of nitrogens with zero attached hydrogens (tertiary/aromatic N) is 6. The molecule has 5 rings (SSSR count). The fourth-order valence-corrected chi connectivity index (χ4v) is 5.84. The Kier molecular flexibility index (Phi) is 8.66. The van der Waals surface area contributed by atoms with Gasteiger partial charge in [-0.2, -0.15) is 5.10 Å². The first kappa shape index (κ1) is 27.4. The maximum Gasteiger partial charge on any atom is 0.165 e. The summed E-state index contributed by atoms with van der Waals surface area (Å²) in [7, 11) is 0. The first-order valence-corrected chi connectivity index (χ1v) is 14.5. The van der Waals surface area contributed by atoms with Gasteiger partial charge in [-0.25, -0.2) is 14.5 Å². The summed E-state index contributed by atoms with van der Waals surface area (Å²) >= 11 is 1.64. The average molecular weight is 549 g/mol. The Morgan fingerprint density at radius 1 is 1.23 bits per heavy atom. The molecule has 1 fully saturated rings. The lowest BCUT2D eigenvalue weighted by atomic mass is 10.0. The zero-order chi connectivity index (χ0) is 27.4. The van der Waals surface area contributed by atoms with Crippen LogP contribution in [-0.2, 0) is 4.74 Å². The van der Waals surface area contributed by atoms with Crippen LogP contribution in [0.3, 0.4) is 0 Å². The number of carbonyl (C=O) groups is 1. The monoisotopic (exact) mass is 548 g/mol. The van der Waals surface area contributed by atoms with Gasteiger partial charge in [0.1, 0.15) is 5.82 Å². The largest absolute Gasteiger partial charge is 0.394 e. The van der Waals surface area contributed by atoms with Gasteiger partial charge in [-0.3, -0.25) is 4.79 Å². The highest BCUT2D eigenvalue weighted by Gasteiger charge is 2.24. The molecule has 9 nitrogen and oxygen atoms in total. The number of hydrogen-bond acceptors (Lipinski definition) is 9. The Morgan fingerprint density at radius 2 is 2.08 bits per heavy atom. The molecule has 10 heteroatoms. The molecule has 0 unspecified atom stereocenters. The van der Waals surface area contributed by atoms with Crippen molar-refractivity contribution >= 4 is 28.6 Å². The third-order valence-electron chi connectivity index (χ3n) is 7.44. The van der Waals surface area contributed by atoms with Crippen LogP contribution in [0.15, 0.2) is 48.1 Å². The zero-order valence-electron chi connectivity index (χ0n) is 22.8. The Morgan fingerprint density at radius 3 is 2.82 bits per heavy atom. The van der Waals surface area contributed by atoms with Gasteiger partial charge in [-0.05, 0) is 56.1 Å². The Hall–Kier alpha value is -3.18. The van der Waals surface area contributed by atoms with Gasteiger partial charge in [0.2, 0.25) is 0 Å². The molecule has 1 N–H and O–H groups in total. The van der Waals surface area contributed by atoms with E-state index in [1.54, 1.807) is 22.0 Å². The van der Waals surface area contributed by atoms with Gasteiger partial charge in [-0.1, -0.05) is 19.9 Å². The molecule has 0 bridgehead atoms. The predicted octanol–water partition coefficient (Wildman–Crippen LogP) is 4.41. The van der Waals surface area contributed by atoms with Crippen molar-refractivity contribution in [1.82, 2.24) is 24.5 Å². The van der Waals surface area contributed by atoms with Crippen molar-refractivity contribution in [2.24, 2.45) is 0 Å². The van der Waals surface area contributed by atoms with E-state index in [2.05, 4.69) is 35.7 Å². The number of rotatable bonds is 11. The molecule has 2 atom stereocenters. The lowest BCUT2D eigenvalue weighted by molar-refractivity contribution is 0.00336. The molecule has 5 heterocycles. The molecular formula is C29H36N6O3S. The lowest BCUT2D eigenvalue weighted by Gasteiger charge is -2.33. The minimum atomic E-state index is -0.287. The summed E-state index contributed by atoms with van der Waals surface area (Å²) in [5.41, 5.74) is 3.62. The molecule has 1 saturated heterocycles. The van der Waals surface area contributed by atoms with Crippen molar-refractivity contribution in [2.75, 3.05) is 44.3 Å². The summed E-state index contributed by atoms with van der Waals surface area (Å²) in [6.45, 7) is 9.99. The molecule has 0 saturated carbocycles. The van der Waals surface area contributed by atoms with E-state index in [1.807, 2.05) is 41.9 Å². The predicted molar refractivity (Wildman–Crippen MR) is 155 cm³/mol. The number of morpholine rings is 1. The second-order valence-electron chi connectivity index (χ2n) is 9.87. The number of Topliss-reactive ketones (excluding diaryl/α,β-unsaturated/α-hetero) is 1. The fraction of sp³-hybridized carbons (Fsp3) is 0.448. The van der Waals surface area contributed by atoms with Crippen molar-refractivity contribution in [3.63, 3.8) is 0 Å². The molecule has 4 aromatic heterocycles. The topological polar surface area (TPSA) is 96.1 Å².